The lowest BCUT2D eigenvalue weighted by Gasteiger charge is -2.29. The van der Waals surface area contributed by atoms with E-state index in [0.29, 0.717) is 6.42 Å². The van der Waals surface area contributed by atoms with E-state index in [1.54, 1.807) is 0 Å². The largest absolute Gasteiger partial charge is 0.467 e. The number of rotatable bonds is 1. The highest BCUT2D eigenvalue weighted by atomic mass is 19.1. The van der Waals surface area contributed by atoms with E-state index in [-0.39, 0.29) is 11.8 Å². The standard InChI is InChI=1S/C9H12FNO3/c1-4(12)11-6-3-5(7(6)10)8(11)9(13)14-2/h5-8H,3H2,1-2H3/t5-,6+,7+,8-/m0/s1. The van der Waals surface area contributed by atoms with E-state index < -0.39 is 24.2 Å². The molecular weight excluding hydrogens is 189 g/mol. The third-order valence-corrected chi connectivity index (χ3v) is 3.16. The summed E-state index contributed by atoms with van der Waals surface area (Å²) in [6.07, 6.45) is -0.469. The molecule has 2 saturated heterocycles. The zero-order valence-corrected chi connectivity index (χ0v) is 8.07. The maximum atomic E-state index is 13.3. The summed E-state index contributed by atoms with van der Waals surface area (Å²) in [6.45, 7) is 1.35. The Morgan fingerprint density at radius 2 is 2.14 bits per heavy atom. The van der Waals surface area contributed by atoms with Crippen molar-refractivity contribution in [1.82, 2.24) is 4.90 Å². The number of hydrogen-bond acceptors (Lipinski definition) is 3. The monoisotopic (exact) mass is 201 g/mol. The van der Waals surface area contributed by atoms with E-state index in [1.165, 1.54) is 18.9 Å². The molecule has 0 aromatic heterocycles. The van der Waals surface area contributed by atoms with Crippen LogP contribution in [-0.4, -0.2) is 42.1 Å². The molecule has 0 spiro atoms. The van der Waals surface area contributed by atoms with E-state index in [9.17, 15) is 14.0 Å². The van der Waals surface area contributed by atoms with Crippen molar-refractivity contribution in [2.45, 2.75) is 31.6 Å². The molecule has 3 aliphatic rings. The first-order valence-corrected chi connectivity index (χ1v) is 4.58. The Kier molecular flexibility index (Phi) is 1.97. The first-order valence-electron chi connectivity index (χ1n) is 4.58. The van der Waals surface area contributed by atoms with E-state index in [0.717, 1.165) is 0 Å². The van der Waals surface area contributed by atoms with Crippen LogP contribution in [-0.2, 0) is 14.3 Å². The summed E-state index contributed by atoms with van der Waals surface area (Å²) in [5, 5.41) is 0. The second-order valence-corrected chi connectivity index (χ2v) is 3.81. The molecule has 0 aromatic carbocycles. The van der Waals surface area contributed by atoms with Gasteiger partial charge in [-0.1, -0.05) is 0 Å². The van der Waals surface area contributed by atoms with Crippen molar-refractivity contribution in [1.29, 1.82) is 0 Å². The summed E-state index contributed by atoms with van der Waals surface area (Å²) >= 11 is 0. The third kappa shape index (κ3) is 0.980. The van der Waals surface area contributed by atoms with Gasteiger partial charge in [0.1, 0.15) is 12.2 Å². The molecule has 4 atom stereocenters. The summed E-state index contributed by atoms with van der Waals surface area (Å²) in [7, 11) is 1.25. The summed E-state index contributed by atoms with van der Waals surface area (Å²) in [5.74, 6) is -1.11. The van der Waals surface area contributed by atoms with Crippen LogP contribution in [0.5, 0.6) is 0 Å². The number of methoxy groups -OCH3 is 1. The average molecular weight is 201 g/mol. The van der Waals surface area contributed by atoms with E-state index in [4.69, 9.17) is 0 Å². The Labute approximate surface area is 81.0 Å². The molecule has 0 unspecified atom stereocenters. The first kappa shape index (κ1) is 9.43. The predicted octanol–water partition coefficient (Wildman–Crippen LogP) is 0.117. The summed E-state index contributed by atoms with van der Waals surface area (Å²) in [6, 6.07) is -1.10. The minimum Gasteiger partial charge on any atom is -0.467 e. The average Bonchev–Trinajstić information content (AvgIpc) is 2.68. The quantitative estimate of drug-likeness (QED) is 0.566. The van der Waals surface area contributed by atoms with Gasteiger partial charge in [-0.05, 0) is 6.42 Å². The SMILES string of the molecule is COC(=O)[C@@H]1[C@H]2C[C@H]([C@@H]2F)N1C(C)=O. The van der Waals surface area contributed by atoms with Crippen LogP contribution in [0.3, 0.4) is 0 Å². The predicted molar refractivity (Wildman–Crippen MR) is 45.1 cm³/mol. The number of ether oxygens (including phenoxy) is 1. The van der Waals surface area contributed by atoms with Gasteiger partial charge in [0.2, 0.25) is 5.91 Å². The molecule has 0 aromatic rings. The highest BCUT2D eigenvalue weighted by Gasteiger charge is 2.62. The van der Waals surface area contributed by atoms with Crippen LogP contribution < -0.4 is 0 Å². The molecule has 5 heteroatoms. The van der Waals surface area contributed by atoms with Gasteiger partial charge in [-0.3, -0.25) is 4.79 Å². The normalized spacial score (nSPS) is 39.2. The van der Waals surface area contributed by atoms with Gasteiger partial charge in [-0.25, -0.2) is 9.18 Å². The highest BCUT2D eigenvalue weighted by Crippen LogP contribution is 2.48. The van der Waals surface area contributed by atoms with Gasteiger partial charge in [0, 0.05) is 12.8 Å². The zero-order chi connectivity index (χ0) is 10.5. The molecule has 1 amide bonds. The maximum Gasteiger partial charge on any atom is 0.328 e. The third-order valence-electron chi connectivity index (χ3n) is 3.16. The van der Waals surface area contributed by atoms with Crippen molar-refractivity contribution in [2.24, 2.45) is 5.92 Å². The molecule has 3 fully saturated rings. The molecule has 1 aliphatic carbocycles. The molecule has 2 aliphatic heterocycles. The van der Waals surface area contributed by atoms with Gasteiger partial charge >= 0.3 is 5.97 Å². The second-order valence-electron chi connectivity index (χ2n) is 3.81. The van der Waals surface area contributed by atoms with Crippen molar-refractivity contribution >= 4 is 11.9 Å². The van der Waals surface area contributed by atoms with Crippen LogP contribution in [0.15, 0.2) is 0 Å². The van der Waals surface area contributed by atoms with Crippen LogP contribution >= 0.6 is 0 Å². The fourth-order valence-corrected chi connectivity index (χ4v) is 2.45. The molecule has 3 rings (SSSR count). The lowest BCUT2D eigenvalue weighted by atomic mass is 9.81. The van der Waals surface area contributed by atoms with Crippen LogP contribution in [0, 0.1) is 5.92 Å². The Bertz CT molecular complexity index is 294. The topological polar surface area (TPSA) is 46.6 Å². The second kappa shape index (κ2) is 2.93. The number of nitrogens with zero attached hydrogens (tertiary/aromatic N) is 1. The van der Waals surface area contributed by atoms with Crippen molar-refractivity contribution in [3.05, 3.63) is 0 Å². The molecule has 2 bridgehead atoms. The zero-order valence-electron chi connectivity index (χ0n) is 8.07. The summed E-state index contributed by atoms with van der Waals surface area (Å²) in [5.41, 5.74) is 0. The minimum atomic E-state index is -1.05. The van der Waals surface area contributed by atoms with Crippen LogP contribution in [0.25, 0.3) is 0 Å². The first-order chi connectivity index (χ1) is 6.57. The molecule has 14 heavy (non-hydrogen) atoms. The number of fused-ring (bicyclic) bond motifs is 1. The van der Waals surface area contributed by atoms with Crippen LogP contribution in [0.4, 0.5) is 4.39 Å². The van der Waals surface area contributed by atoms with Crippen molar-refractivity contribution < 1.29 is 18.7 Å². The number of alkyl halides is 1. The van der Waals surface area contributed by atoms with Gasteiger partial charge in [-0.2, -0.15) is 0 Å². The minimum absolute atomic E-state index is 0.256. The summed E-state index contributed by atoms with van der Waals surface area (Å²) in [4.78, 5) is 23.9. The van der Waals surface area contributed by atoms with Gasteiger partial charge in [0.05, 0.1) is 13.2 Å². The molecule has 4 nitrogen and oxygen atoms in total. The van der Waals surface area contributed by atoms with Crippen molar-refractivity contribution in [2.75, 3.05) is 7.11 Å². The van der Waals surface area contributed by atoms with Gasteiger partial charge < -0.3 is 9.64 Å². The number of carbonyl (C=O) groups is 2. The molecule has 0 N–H and O–H groups in total. The Morgan fingerprint density at radius 3 is 2.57 bits per heavy atom. The molecule has 0 radical (unpaired) electrons. The number of amides is 1. The van der Waals surface area contributed by atoms with E-state index >= 15 is 0 Å². The molecular formula is C9H12FNO3. The number of hydrogen-bond donors (Lipinski definition) is 0. The van der Waals surface area contributed by atoms with E-state index in [2.05, 4.69) is 4.74 Å². The lowest BCUT2D eigenvalue weighted by Crippen LogP contribution is -2.42. The van der Waals surface area contributed by atoms with Crippen LogP contribution in [0.1, 0.15) is 13.3 Å². The van der Waals surface area contributed by atoms with Crippen molar-refractivity contribution in [3.63, 3.8) is 0 Å². The number of esters is 1. The van der Waals surface area contributed by atoms with Gasteiger partial charge in [-0.15, -0.1) is 0 Å². The van der Waals surface area contributed by atoms with Gasteiger partial charge in [0.15, 0.2) is 0 Å². The van der Waals surface area contributed by atoms with Crippen LogP contribution in [0.2, 0.25) is 0 Å². The molecule has 1 saturated carbocycles. The Morgan fingerprint density at radius 1 is 1.50 bits per heavy atom. The Hall–Kier alpha value is -1.13. The highest BCUT2D eigenvalue weighted by molar-refractivity contribution is 5.86. The van der Waals surface area contributed by atoms with Crippen molar-refractivity contribution in [3.8, 4) is 0 Å². The lowest BCUT2D eigenvalue weighted by molar-refractivity contribution is -0.150. The Balaban J connectivity index is 2.23. The number of halogens is 1. The molecule has 2 heterocycles. The number of carbonyl (C=O) groups excluding carboxylic acids is 2. The smallest absolute Gasteiger partial charge is 0.328 e. The maximum absolute atomic E-state index is 13.3. The fraction of sp³-hybridized carbons (Fsp3) is 0.778. The fourth-order valence-electron chi connectivity index (χ4n) is 2.45. The van der Waals surface area contributed by atoms with Gasteiger partial charge in [0.25, 0.3) is 0 Å². The molecule has 78 valence electrons. The van der Waals surface area contributed by atoms with E-state index in [1.807, 2.05) is 0 Å². The summed E-state index contributed by atoms with van der Waals surface area (Å²) < 4.78 is 17.9.